The molecular weight excluding hydrogens is 258 g/mol. The minimum Gasteiger partial charge on any atom is -0.486 e. The summed E-state index contributed by atoms with van der Waals surface area (Å²) >= 11 is 0. The van der Waals surface area contributed by atoms with Gasteiger partial charge in [0.1, 0.15) is 24.5 Å². The lowest BCUT2D eigenvalue weighted by Gasteiger charge is -2.07. The van der Waals surface area contributed by atoms with E-state index >= 15 is 0 Å². The van der Waals surface area contributed by atoms with Crippen LogP contribution in [0.4, 0.5) is 0 Å². The third-order valence-corrected chi connectivity index (χ3v) is 2.80. The van der Waals surface area contributed by atoms with E-state index in [9.17, 15) is 0 Å². The van der Waals surface area contributed by atoms with Crippen LogP contribution in [0.15, 0.2) is 35.7 Å². The van der Waals surface area contributed by atoms with Crippen LogP contribution in [-0.2, 0) is 19.6 Å². The van der Waals surface area contributed by atoms with Crippen LogP contribution in [0.25, 0.3) is 0 Å². The maximum Gasteiger partial charge on any atom is 0.164 e. The molecule has 1 aromatic heterocycles. The smallest absolute Gasteiger partial charge is 0.164 e. The van der Waals surface area contributed by atoms with Crippen LogP contribution >= 0.6 is 0 Å². The van der Waals surface area contributed by atoms with Gasteiger partial charge in [-0.15, -0.1) is 0 Å². The number of ether oxygens (including phenoxy) is 1. The third kappa shape index (κ3) is 3.47. The molecule has 1 heterocycles. The molecule has 0 radical (unpaired) electrons. The number of aromatic nitrogens is 3. The molecule has 0 aliphatic heterocycles. The summed E-state index contributed by atoms with van der Waals surface area (Å²) in [6.45, 7) is 3.13. The summed E-state index contributed by atoms with van der Waals surface area (Å²) in [5.41, 5.74) is 6.40. The summed E-state index contributed by atoms with van der Waals surface area (Å²) in [4.78, 5) is 4.14. The van der Waals surface area contributed by atoms with Crippen molar-refractivity contribution < 1.29 is 9.94 Å². The number of nitrogens with zero attached hydrogens (tertiary/aromatic N) is 4. The van der Waals surface area contributed by atoms with Gasteiger partial charge in [-0.25, -0.2) is 9.67 Å². The molecule has 0 fully saturated rings. The maximum absolute atomic E-state index is 8.51. The molecule has 0 aliphatic rings. The van der Waals surface area contributed by atoms with Crippen LogP contribution in [0.5, 0.6) is 5.75 Å². The molecular formula is C13H17N5O2. The predicted molar refractivity (Wildman–Crippen MR) is 73.6 cm³/mol. The fraction of sp³-hybridized carbons (Fsp3) is 0.308. The van der Waals surface area contributed by atoms with Crippen LogP contribution in [0.3, 0.4) is 0 Å². The molecule has 0 unspecified atom stereocenters. The van der Waals surface area contributed by atoms with Crippen molar-refractivity contribution in [2.24, 2.45) is 10.9 Å². The Morgan fingerprint density at radius 3 is 2.80 bits per heavy atom. The van der Waals surface area contributed by atoms with E-state index in [1.54, 1.807) is 4.68 Å². The standard InChI is InChI=1S/C13H17N5O2/c1-2-18-13(15-9-16-18)8-20-11-5-3-10(4-6-11)7-12(14)17-19/h3-6,9,19H,2,7-8H2,1H3,(H2,14,17). The monoisotopic (exact) mass is 275 g/mol. The number of hydrogen-bond acceptors (Lipinski definition) is 5. The molecule has 0 spiro atoms. The average Bonchev–Trinajstić information content (AvgIpc) is 2.94. The fourth-order valence-corrected chi connectivity index (χ4v) is 1.76. The fourth-order valence-electron chi connectivity index (χ4n) is 1.76. The quantitative estimate of drug-likeness (QED) is 0.357. The van der Waals surface area contributed by atoms with Crippen LogP contribution in [0, 0.1) is 0 Å². The molecule has 0 aliphatic carbocycles. The molecule has 0 atom stereocenters. The lowest BCUT2D eigenvalue weighted by Crippen LogP contribution is -2.14. The van der Waals surface area contributed by atoms with E-state index in [2.05, 4.69) is 15.2 Å². The van der Waals surface area contributed by atoms with Gasteiger partial charge in [-0.3, -0.25) is 0 Å². The summed E-state index contributed by atoms with van der Waals surface area (Å²) in [7, 11) is 0. The Morgan fingerprint density at radius 1 is 1.40 bits per heavy atom. The predicted octanol–water partition coefficient (Wildman–Crippen LogP) is 1.17. The van der Waals surface area contributed by atoms with E-state index in [4.69, 9.17) is 15.7 Å². The molecule has 7 heteroatoms. The van der Waals surface area contributed by atoms with Crippen molar-refractivity contribution in [1.29, 1.82) is 0 Å². The minimum absolute atomic E-state index is 0.176. The summed E-state index contributed by atoms with van der Waals surface area (Å²) in [5.74, 6) is 1.70. The number of oxime groups is 1. The van der Waals surface area contributed by atoms with Crippen molar-refractivity contribution >= 4 is 5.84 Å². The Morgan fingerprint density at radius 2 is 2.15 bits per heavy atom. The zero-order valence-electron chi connectivity index (χ0n) is 11.2. The van der Waals surface area contributed by atoms with Crippen LogP contribution in [0.1, 0.15) is 18.3 Å². The van der Waals surface area contributed by atoms with Gasteiger partial charge in [-0.05, 0) is 24.6 Å². The van der Waals surface area contributed by atoms with Crippen molar-refractivity contribution in [3.8, 4) is 5.75 Å². The van der Waals surface area contributed by atoms with Gasteiger partial charge < -0.3 is 15.7 Å². The van der Waals surface area contributed by atoms with Gasteiger partial charge in [-0.2, -0.15) is 5.10 Å². The molecule has 20 heavy (non-hydrogen) atoms. The Balaban J connectivity index is 1.94. The zero-order chi connectivity index (χ0) is 14.4. The average molecular weight is 275 g/mol. The molecule has 0 saturated heterocycles. The highest BCUT2D eigenvalue weighted by molar-refractivity contribution is 5.82. The molecule has 2 aromatic rings. The number of amidine groups is 1. The topological polar surface area (TPSA) is 98.5 Å². The summed E-state index contributed by atoms with van der Waals surface area (Å²) in [6, 6.07) is 7.43. The minimum atomic E-state index is 0.176. The maximum atomic E-state index is 8.51. The first-order valence-corrected chi connectivity index (χ1v) is 6.27. The van der Waals surface area contributed by atoms with E-state index < -0.39 is 0 Å². The largest absolute Gasteiger partial charge is 0.486 e. The first kappa shape index (κ1) is 13.9. The van der Waals surface area contributed by atoms with Crippen LogP contribution in [-0.4, -0.2) is 25.8 Å². The Labute approximate surface area is 116 Å². The van der Waals surface area contributed by atoms with Gasteiger partial charge in [0.25, 0.3) is 0 Å². The molecule has 2 rings (SSSR count). The van der Waals surface area contributed by atoms with Gasteiger partial charge in [0.2, 0.25) is 0 Å². The van der Waals surface area contributed by atoms with E-state index in [1.165, 1.54) is 6.33 Å². The molecule has 1 aromatic carbocycles. The Bertz CT molecular complexity index is 577. The van der Waals surface area contributed by atoms with Gasteiger partial charge in [-0.1, -0.05) is 17.3 Å². The normalized spacial score (nSPS) is 11.6. The molecule has 0 saturated carbocycles. The van der Waals surface area contributed by atoms with Crippen LogP contribution in [0.2, 0.25) is 0 Å². The van der Waals surface area contributed by atoms with Crippen molar-refractivity contribution in [2.75, 3.05) is 0 Å². The Hall–Kier alpha value is -2.57. The number of rotatable bonds is 6. The third-order valence-electron chi connectivity index (χ3n) is 2.80. The van der Waals surface area contributed by atoms with Gasteiger partial charge in [0.05, 0.1) is 0 Å². The highest BCUT2D eigenvalue weighted by Gasteiger charge is 2.04. The van der Waals surface area contributed by atoms with E-state index in [1.807, 2.05) is 31.2 Å². The zero-order valence-corrected chi connectivity index (χ0v) is 11.2. The first-order chi connectivity index (χ1) is 9.72. The van der Waals surface area contributed by atoms with E-state index in [0.29, 0.717) is 13.0 Å². The SMILES string of the molecule is CCn1ncnc1COc1ccc(CC(N)=NO)cc1. The van der Waals surface area contributed by atoms with Crippen molar-refractivity contribution in [3.05, 3.63) is 42.0 Å². The van der Waals surface area contributed by atoms with Crippen molar-refractivity contribution in [3.63, 3.8) is 0 Å². The second kappa shape index (κ2) is 6.55. The van der Waals surface area contributed by atoms with Gasteiger partial charge >= 0.3 is 0 Å². The molecule has 3 N–H and O–H groups in total. The lowest BCUT2D eigenvalue weighted by molar-refractivity contribution is 0.287. The summed E-state index contributed by atoms with van der Waals surface area (Å²) in [5, 5.41) is 15.5. The molecule has 7 nitrogen and oxygen atoms in total. The van der Waals surface area contributed by atoms with Crippen LogP contribution < -0.4 is 10.5 Å². The number of hydrogen-bond donors (Lipinski definition) is 2. The summed E-state index contributed by atoms with van der Waals surface area (Å²) in [6.07, 6.45) is 1.92. The summed E-state index contributed by atoms with van der Waals surface area (Å²) < 4.78 is 7.43. The lowest BCUT2D eigenvalue weighted by atomic mass is 10.1. The highest BCUT2D eigenvalue weighted by atomic mass is 16.5. The van der Waals surface area contributed by atoms with Crippen molar-refractivity contribution in [1.82, 2.24) is 14.8 Å². The van der Waals surface area contributed by atoms with Gasteiger partial charge in [0.15, 0.2) is 5.82 Å². The Kier molecular flexibility index (Phi) is 4.54. The second-order valence-corrected chi connectivity index (χ2v) is 4.19. The molecule has 106 valence electrons. The van der Waals surface area contributed by atoms with E-state index in [-0.39, 0.29) is 5.84 Å². The highest BCUT2D eigenvalue weighted by Crippen LogP contribution is 2.14. The van der Waals surface area contributed by atoms with E-state index in [0.717, 1.165) is 23.7 Å². The number of aryl methyl sites for hydroxylation is 1. The van der Waals surface area contributed by atoms with Gasteiger partial charge in [0, 0.05) is 13.0 Å². The molecule has 0 amide bonds. The number of nitrogens with two attached hydrogens (primary N) is 1. The van der Waals surface area contributed by atoms with Crippen molar-refractivity contribution in [2.45, 2.75) is 26.5 Å². The number of benzene rings is 1. The second-order valence-electron chi connectivity index (χ2n) is 4.19. The first-order valence-electron chi connectivity index (χ1n) is 6.27. The molecule has 0 bridgehead atoms.